The van der Waals surface area contributed by atoms with Crippen molar-refractivity contribution < 1.29 is 9.59 Å². The van der Waals surface area contributed by atoms with Crippen LogP contribution in [-0.2, 0) is 11.3 Å². The normalized spacial score (nSPS) is 11.9. The highest BCUT2D eigenvalue weighted by atomic mass is 16.2. The number of nitrogens with zero attached hydrogens (tertiary/aromatic N) is 2. The largest absolute Gasteiger partial charge is 0.360 e. The Balaban J connectivity index is 1.57. The Morgan fingerprint density at radius 2 is 2.08 bits per heavy atom. The second-order valence-corrected chi connectivity index (χ2v) is 5.96. The number of pyridine rings is 1. The quantitative estimate of drug-likeness (QED) is 0.605. The van der Waals surface area contributed by atoms with E-state index in [2.05, 4.69) is 20.7 Å². The van der Waals surface area contributed by atoms with Gasteiger partial charge in [0, 0.05) is 35.5 Å². The van der Waals surface area contributed by atoms with Gasteiger partial charge in [0.2, 0.25) is 11.3 Å². The Morgan fingerprint density at radius 1 is 1.27 bits per heavy atom. The summed E-state index contributed by atoms with van der Waals surface area (Å²) in [5.74, 6) is -0.929. The summed E-state index contributed by atoms with van der Waals surface area (Å²) in [5, 5.41) is 9.74. The molecule has 0 aliphatic heterocycles. The lowest BCUT2D eigenvalue weighted by molar-refractivity contribution is -0.120. The molecule has 1 atom stereocenters. The van der Waals surface area contributed by atoms with Crippen LogP contribution >= 0.6 is 0 Å². The number of hydrogen-bond acceptors (Lipinski definition) is 4. The van der Waals surface area contributed by atoms with Crippen LogP contribution < -0.4 is 16.1 Å². The number of para-hydroxylation sites is 1. The molecule has 0 bridgehead atoms. The molecule has 0 fully saturated rings. The van der Waals surface area contributed by atoms with Gasteiger partial charge in [-0.05, 0) is 25.1 Å². The van der Waals surface area contributed by atoms with Crippen LogP contribution in [0.2, 0.25) is 0 Å². The molecule has 26 heavy (non-hydrogen) atoms. The molecule has 0 spiro atoms. The van der Waals surface area contributed by atoms with E-state index in [1.54, 1.807) is 47.4 Å². The number of nitrogens with one attached hydrogen (secondary N) is 3. The van der Waals surface area contributed by atoms with Gasteiger partial charge in [0.25, 0.3) is 5.91 Å². The van der Waals surface area contributed by atoms with Crippen molar-refractivity contribution in [3.63, 3.8) is 0 Å². The lowest BCUT2D eigenvalue weighted by Crippen LogP contribution is -2.43. The molecule has 2 amide bonds. The number of fused-ring (bicyclic) bond motifs is 1. The zero-order chi connectivity index (χ0) is 18.5. The minimum absolute atomic E-state index is 0.0268. The SMILES string of the molecule is C[C@H](Cn1cccn1)NC(=O)CNC(=O)c1c[nH]c2ccccc2c1=O. The molecule has 3 aromatic rings. The lowest BCUT2D eigenvalue weighted by atomic mass is 10.1. The molecule has 3 N–H and O–H groups in total. The summed E-state index contributed by atoms with van der Waals surface area (Å²) in [4.78, 5) is 39.5. The molecular formula is C18H19N5O3. The van der Waals surface area contributed by atoms with Gasteiger partial charge in [0.1, 0.15) is 5.56 Å². The molecule has 0 aliphatic carbocycles. The van der Waals surface area contributed by atoms with E-state index in [9.17, 15) is 14.4 Å². The molecule has 1 aromatic carbocycles. The summed E-state index contributed by atoms with van der Waals surface area (Å²) in [5.41, 5.74) is 0.254. The third kappa shape index (κ3) is 3.97. The van der Waals surface area contributed by atoms with Gasteiger partial charge in [-0.2, -0.15) is 5.10 Å². The van der Waals surface area contributed by atoms with E-state index in [4.69, 9.17) is 0 Å². The highest BCUT2D eigenvalue weighted by molar-refractivity contribution is 5.98. The van der Waals surface area contributed by atoms with Crippen LogP contribution in [-0.4, -0.2) is 39.2 Å². The van der Waals surface area contributed by atoms with Gasteiger partial charge in [0.05, 0.1) is 13.1 Å². The topological polar surface area (TPSA) is 109 Å². The Kier molecular flexibility index (Phi) is 5.12. The van der Waals surface area contributed by atoms with E-state index in [1.165, 1.54) is 6.20 Å². The van der Waals surface area contributed by atoms with Gasteiger partial charge in [-0.25, -0.2) is 0 Å². The van der Waals surface area contributed by atoms with Crippen LogP contribution in [0.25, 0.3) is 10.9 Å². The Labute approximate surface area is 149 Å². The van der Waals surface area contributed by atoms with Gasteiger partial charge in [-0.1, -0.05) is 12.1 Å². The highest BCUT2D eigenvalue weighted by Crippen LogP contribution is 2.06. The average Bonchev–Trinajstić information content (AvgIpc) is 3.13. The van der Waals surface area contributed by atoms with Crippen molar-refractivity contribution in [1.82, 2.24) is 25.4 Å². The van der Waals surface area contributed by atoms with Crippen molar-refractivity contribution in [2.75, 3.05) is 6.54 Å². The Hall–Kier alpha value is -3.42. The molecule has 0 saturated heterocycles. The molecule has 3 rings (SSSR count). The first-order valence-electron chi connectivity index (χ1n) is 8.20. The standard InChI is InChI=1S/C18H19N5O3/c1-12(11-23-8-4-7-21-23)22-16(24)10-20-18(26)14-9-19-15-6-3-2-5-13(15)17(14)25/h2-9,12H,10-11H2,1H3,(H,19,25)(H,20,26)(H,22,24)/t12-/m1/s1. The van der Waals surface area contributed by atoms with Crippen molar-refractivity contribution in [3.05, 3.63) is 64.7 Å². The second-order valence-electron chi connectivity index (χ2n) is 5.96. The van der Waals surface area contributed by atoms with Crippen LogP contribution in [0.1, 0.15) is 17.3 Å². The number of aromatic amines is 1. The minimum atomic E-state index is -0.591. The second kappa shape index (κ2) is 7.64. The third-order valence-electron chi connectivity index (χ3n) is 3.87. The molecule has 0 radical (unpaired) electrons. The van der Waals surface area contributed by atoms with Crippen molar-refractivity contribution in [2.24, 2.45) is 0 Å². The zero-order valence-corrected chi connectivity index (χ0v) is 14.2. The third-order valence-corrected chi connectivity index (χ3v) is 3.87. The molecule has 134 valence electrons. The van der Waals surface area contributed by atoms with Crippen LogP contribution in [0.5, 0.6) is 0 Å². The fraction of sp³-hybridized carbons (Fsp3) is 0.222. The highest BCUT2D eigenvalue weighted by Gasteiger charge is 2.14. The van der Waals surface area contributed by atoms with E-state index in [0.29, 0.717) is 17.4 Å². The maximum atomic E-state index is 12.4. The molecule has 8 nitrogen and oxygen atoms in total. The Bertz CT molecular complexity index is 978. The predicted octanol–water partition coefficient (Wildman–Crippen LogP) is 0.659. The average molecular weight is 353 g/mol. The van der Waals surface area contributed by atoms with Crippen molar-refractivity contribution in [1.29, 1.82) is 0 Å². The summed E-state index contributed by atoms with van der Waals surface area (Å²) in [7, 11) is 0. The van der Waals surface area contributed by atoms with E-state index < -0.39 is 5.91 Å². The number of rotatable bonds is 6. The number of carbonyl (C=O) groups excluding carboxylic acids is 2. The van der Waals surface area contributed by atoms with Crippen molar-refractivity contribution in [2.45, 2.75) is 19.5 Å². The maximum Gasteiger partial charge on any atom is 0.257 e. The van der Waals surface area contributed by atoms with E-state index in [1.807, 2.05) is 6.92 Å². The molecule has 2 aromatic heterocycles. The Morgan fingerprint density at radius 3 is 2.85 bits per heavy atom. The molecule has 0 aliphatic rings. The van der Waals surface area contributed by atoms with E-state index in [0.717, 1.165) is 0 Å². The smallest absolute Gasteiger partial charge is 0.257 e. The minimum Gasteiger partial charge on any atom is -0.360 e. The molecule has 0 saturated carbocycles. The zero-order valence-electron chi connectivity index (χ0n) is 14.2. The summed E-state index contributed by atoms with van der Waals surface area (Å²) in [6.45, 7) is 2.15. The van der Waals surface area contributed by atoms with Gasteiger partial charge in [-0.3, -0.25) is 19.1 Å². The molecular weight excluding hydrogens is 334 g/mol. The van der Waals surface area contributed by atoms with Gasteiger partial charge >= 0.3 is 0 Å². The first-order chi connectivity index (χ1) is 12.5. The van der Waals surface area contributed by atoms with Crippen LogP contribution in [0, 0.1) is 0 Å². The number of aromatic nitrogens is 3. The number of H-pyrrole nitrogens is 1. The van der Waals surface area contributed by atoms with Gasteiger partial charge in [-0.15, -0.1) is 0 Å². The molecule has 0 unspecified atom stereocenters. The van der Waals surface area contributed by atoms with Gasteiger partial charge in [0.15, 0.2) is 0 Å². The predicted molar refractivity (Wildman–Crippen MR) is 96.7 cm³/mol. The lowest BCUT2D eigenvalue weighted by Gasteiger charge is -2.14. The fourth-order valence-electron chi connectivity index (χ4n) is 2.65. The summed E-state index contributed by atoms with van der Waals surface area (Å²) in [6.07, 6.45) is 4.82. The number of hydrogen-bond donors (Lipinski definition) is 3. The van der Waals surface area contributed by atoms with Crippen LogP contribution in [0.15, 0.2) is 53.7 Å². The number of amides is 2. The monoisotopic (exact) mass is 353 g/mol. The van der Waals surface area contributed by atoms with Crippen LogP contribution in [0.3, 0.4) is 0 Å². The summed E-state index contributed by atoms with van der Waals surface area (Å²) < 4.78 is 1.71. The molecule has 2 heterocycles. The van der Waals surface area contributed by atoms with Crippen LogP contribution in [0.4, 0.5) is 0 Å². The summed E-state index contributed by atoms with van der Waals surface area (Å²) in [6, 6.07) is 8.58. The first kappa shape index (κ1) is 17.4. The van der Waals surface area contributed by atoms with E-state index in [-0.39, 0.29) is 29.5 Å². The molecule has 8 heteroatoms. The fourth-order valence-corrected chi connectivity index (χ4v) is 2.65. The first-order valence-corrected chi connectivity index (χ1v) is 8.20. The number of carbonyl (C=O) groups is 2. The van der Waals surface area contributed by atoms with Crippen molar-refractivity contribution >= 4 is 22.7 Å². The van der Waals surface area contributed by atoms with E-state index >= 15 is 0 Å². The van der Waals surface area contributed by atoms with Crippen molar-refractivity contribution in [3.8, 4) is 0 Å². The summed E-state index contributed by atoms with van der Waals surface area (Å²) >= 11 is 0. The van der Waals surface area contributed by atoms with Gasteiger partial charge < -0.3 is 15.6 Å². The number of benzene rings is 1. The maximum absolute atomic E-state index is 12.4.